The number of hydrogen-bond donors (Lipinski definition) is 4. The van der Waals surface area contributed by atoms with Crippen molar-refractivity contribution in [1.29, 1.82) is 0 Å². The van der Waals surface area contributed by atoms with E-state index in [0.717, 1.165) is 33.2 Å². The van der Waals surface area contributed by atoms with E-state index in [1.165, 1.54) is 0 Å². The van der Waals surface area contributed by atoms with Crippen molar-refractivity contribution >= 4 is 21.9 Å². The number of ether oxygens (including phenoxy) is 1. The molecule has 0 aliphatic carbocycles. The molecule has 0 bridgehead atoms. The van der Waals surface area contributed by atoms with Crippen LogP contribution in [-0.2, 0) is 13.1 Å². The van der Waals surface area contributed by atoms with Gasteiger partial charge in [0.2, 0.25) is 0 Å². The van der Waals surface area contributed by atoms with Crippen molar-refractivity contribution < 1.29 is 4.74 Å². The Bertz CT molecular complexity index is 1200. The van der Waals surface area contributed by atoms with Crippen LogP contribution in [0.4, 0.5) is 0 Å². The Morgan fingerprint density at radius 3 is 2.54 bits per heavy atom. The molecule has 4 rings (SSSR count). The fourth-order valence-corrected chi connectivity index (χ4v) is 3.02. The average Bonchev–Trinajstić information content (AvgIpc) is 3.01. The van der Waals surface area contributed by atoms with Gasteiger partial charge in [0.25, 0.3) is 5.56 Å². The molecular weight excluding hydrogens is 332 g/mol. The average molecular weight is 350 g/mol. The molecule has 0 fully saturated rings. The van der Waals surface area contributed by atoms with E-state index >= 15 is 0 Å². The van der Waals surface area contributed by atoms with Crippen molar-refractivity contribution in [2.75, 3.05) is 7.11 Å². The summed E-state index contributed by atoms with van der Waals surface area (Å²) in [6.07, 6.45) is 0. The summed E-state index contributed by atoms with van der Waals surface area (Å²) in [4.78, 5) is 31.9. The largest absolute Gasteiger partial charge is 0.497 e. The zero-order valence-corrected chi connectivity index (χ0v) is 14.2. The maximum Gasteiger partial charge on any atom is 0.323 e. The van der Waals surface area contributed by atoms with E-state index in [4.69, 9.17) is 4.74 Å². The Morgan fingerprint density at radius 2 is 1.69 bits per heavy atom. The molecule has 0 saturated heterocycles. The third-order valence-electron chi connectivity index (χ3n) is 4.35. The lowest BCUT2D eigenvalue weighted by atomic mass is 10.1. The third kappa shape index (κ3) is 3.12. The Hall–Kier alpha value is -3.32. The van der Waals surface area contributed by atoms with Crippen LogP contribution in [0.5, 0.6) is 5.75 Å². The molecule has 7 nitrogen and oxygen atoms in total. The van der Waals surface area contributed by atoms with Crippen LogP contribution in [0, 0.1) is 0 Å². The monoisotopic (exact) mass is 350 g/mol. The lowest BCUT2D eigenvalue weighted by Crippen LogP contribution is -2.20. The predicted octanol–water partition coefficient (Wildman–Crippen LogP) is 2.00. The molecule has 132 valence electrons. The van der Waals surface area contributed by atoms with Crippen molar-refractivity contribution in [3.63, 3.8) is 0 Å². The quantitative estimate of drug-likeness (QED) is 0.442. The fourth-order valence-electron chi connectivity index (χ4n) is 3.02. The fraction of sp³-hybridized carbons (Fsp3) is 0.158. The Morgan fingerprint density at radius 1 is 0.885 bits per heavy atom. The van der Waals surface area contributed by atoms with Crippen molar-refractivity contribution in [1.82, 2.24) is 20.3 Å². The van der Waals surface area contributed by atoms with Gasteiger partial charge in [-0.25, -0.2) is 4.79 Å². The van der Waals surface area contributed by atoms with E-state index < -0.39 is 0 Å². The summed E-state index contributed by atoms with van der Waals surface area (Å²) >= 11 is 0. The second-order valence-corrected chi connectivity index (χ2v) is 6.14. The van der Waals surface area contributed by atoms with E-state index in [2.05, 4.69) is 20.3 Å². The number of aromatic amines is 3. The normalized spacial score (nSPS) is 11.3. The second kappa shape index (κ2) is 6.53. The van der Waals surface area contributed by atoms with Crippen LogP contribution in [0.1, 0.15) is 11.1 Å². The molecule has 2 heterocycles. The van der Waals surface area contributed by atoms with Crippen LogP contribution in [0.15, 0.2) is 52.1 Å². The first-order valence-corrected chi connectivity index (χ1v) is 8.24. The number of rotatable bonds is 5. The van der Waals surface area contributed by atoms with Gasteiger partial charge in [-0.2, -0.15) is 0 Å². The lowest BCUT2D eigenvalue weighted by molar-refractivity contribution is 0.415. The highest BCUT2D eigenvalue weighted by atomic mass is 16.5. The molecule has 0 amide bonds. The molecule has 0 radical (unpaired) electrons. The molecule has 4 N–H and O–H groups in total. The molecule has 2 aromatic carbocycles. The molecule has 2 aromatic heterocycles. The Labute approximate surface area is 148 Å². The van der Waals surface area contributed by atoms with Gasteiger partial charge < -0.3 is 25.0 Å². The van der Waals surface area contributed by atoms with Crippen LogP contribution < -0.4 is 21.3 Å². The standard InChI is InChI=1S/C19H18N4O3/c1-26-14-3-5-15-12(8-14)7-13(18(24)21-15)10-20-9-11-2-4-16-17(6-11)23-19(25)22-16/h2-8,20H,9-10H2,1H3,(H,21,24)(H2,22,23,25). The number of pyridine rings is 1. The Kier molecular flexibility index (Phi) is 4.06. The summed E-state index contributed by atoms with van der Waals surface area (Å²) < 4.78 is 5.23. The zero-order chi connectivity index (χ0) is 18.1. The maximum atomic E-state index is 12.2. The topological polar surface area (TPSA) is 103 Å². The Balaban J connectivity index is 1.51. The first-order valence-electron chi connectivity index (χ1n) is 8.24. The molecule has 4 aromatic rings. The maximum absolute atomic E-state index is 12.2. The number of methoxy groups -OCH3 is 1. The van der Waals surface area contributed by atoms with Crippen molar-refractivity contribution in [2.24, 2.45) is 0 Å². The highest BCUT2D eigenvalue weighted by Gasteiger charge is 2.05. The lowest BCUT2D eigenvalue weighted by Gasteiger charge is -2.07. The number of aromatic nitrogens is 3. The number of H-pyrrole nitrogens is 3. The summed E-state index contributed by atoms with van der Waals surface area (Å²) in [5.41, 5.74) is 3.67. The predicted molar refractivity (Wildman–Crippen MR) is 101 cm³/mol. The second-order valence-electron chi connectivity index (χ2n) is 6.14. The minimum atomic E-state index is -0.219. The number of benzene rings is 2. The summed E-state index contributed by atoms with van der Waals surface area (Å²) in [6, 6.07) is 13.1. The van der Waals surface area contributed by atoms with Crippen LogP contribution in [0.3, 0.4) is 0 Å². The molecule has 0 aliphatic heterocycles. The van der Waals surface area contributed by atoms with E-state index in [9.17, 15) is 9.59 Å². The van der Waals surface area contributed by atoms with Gasteiger partial charge in [0.1, 0.15) is 5.75 Å². The number of nitrogens with one attached hydrogen (secondary N) is 4. The smallest absolute Gasteiger partial charge is 0.323 e. The molecule has 0 aliphatic rings. The number of hydrogen-bond acceptors (Lipinski definition) is 4. The van der Waals surface area contributed by atoms with Gasteiger partial charge in [0, 0.05) is 29.6 Å². The van der Waals surface area contributed by atoms with Crippen LogP contribution in [0.25, 0.3) is 21.9 Å². The summed E-state index contributed by atoms with van der Waals surface area (Å²) in [5, 5.41) is 4.19. The van der Waals surface area contributed by atoms with Gasteiger partial charge in [0.05, 0.1) is 18.1 Å². The highest BCUT2D eigenvalue weighted by molar-refractivity contribution is 5.80. The first kappa shape index (κ1) is 16.2. The summed E-state index contributed by atoms with van der Waals surface area (Å²) in [7, 11) is 1.61. The minimum Gasteiger partial charge on any atom is -0.497 e. The van der Waals surface area contributed by atoms with Crippen LogP contribution >= 0.6 is 0 Å². The summed E-state index contributed by atoms with van der Waals surface area (Å²) in [6.45, 7) is 1.02. The van der Waals surface area contributed by atoms with E-state index in [1.54, 1.807) is 7.11 Å². The van der Waals surface area contributed by atoms with Crippen LogP contribution in [-0.4, -0.2) is 22.1 Å². The van der Waals surface area contributed by atoms with Crippen LogP contribution in [0.2, 0.25) is 0 Å². The molecule has 7 heteroatoms. The van der Waals surface area contributed by atoms with Crippen molar-refractivity contribution in [2.45, 2.75) is 13.1 Å². The molecule has 0 spiro atoms. The SMILES string of the molecule is COc1ccc2[nH]c(=O)c(CNCc3ccc4[nH]c(=O)[nH]c4c3)cc2c1. The molecular formula is C19H18N4O3. The van der Waals surface area contributed by atoms with Gasteiger partial charge in [-0.15, -0.1) is 0 Å². The molecule has 0 atom stereocenters. The molecule has 0 saturated carbocycles. The highest BCUT2D eigenvalue weighted by Crippen LogP contribution is 2.18. The number of fused-ring (bicyclic) bond motifs is 2. The third-order valence-corrected chi connectivity index (χ3v) is 4.35. The zero-order valence-electron chi connectivity index (χ0n) is 14.2. The van der Waals surface area contributed by atoms with E-state index in [1.807, 2.05) is 42.5 Å². The summed E-state index contributed by atoms with van der Waals surface area (Å²) in [5.74, 6) is 0.747. The number of imidazole rings is 1. The van der Waals surface area contributed by atoms with Gasteiger partial charge in [-0.1, -0.05) is 6.07 Å². The van der Waals surface area contributed by atoms with Gasteiger partial charge >= 0.3 is 5.69 Å². The van der Waals surface area contributed by atoms with Gasteiger partial charge in [0.15, 0.2) is 0 Å². The van der Waals surface area contributed by atoms with E-state index in [-0.39, 0.29) is 11.2 Å². The van der Waals surface area contributed by atoms with Crippen molar-refractivity contribution in [3.05, 3.63) is 74.4 Å². The van der Waals surface area contributed by atoms with Gasteiger partial charge in [-0.3, -0.25) is 4.79 Å². The molecule has 0 unspecified atom stereocenters. The first-order chi connectivity index (χ1) is 12.6. The van der Waals surface area contributed by atoms with Gasteiger partial charge in [-0.05, 0) is 42.0 Å². The molecule has 26 heavy (non-hydrogen) atoms. The van der Waals surface area contributed by atoms with Crippen molar-refractivity contribution in [3.8, 4) is 5.75 Å². The van der Waals surface area contributed by atoms with E-state index in [0.29, 0.717) is 18.7 Å². The minimum absolute atomic E-state index is 0.111.